The molecule has 6 heteroatoms. The van der Waals surface area contributed by atoms with Crippen molar-refractivity contribution in [1.29, 1.82) is 0 Å². The Kier molecular flexibility index (Phi) is 17.5. The largest absolute Gasteiger partial charge is 1.00 e. The van der Waals surface area contributed by atoms with Gasteiger partial charge in [0.2, 0.25) is 0 Å². The van der Waals surface area contributed by atoms with Gasteiger partial charge in [-0.1, -0.05) is 53.4 Å². The molecule has 0 spiro atoms. The second-order valence-electron chi connectivity index (χ2n) is 6.34. The van der Waals surface area contributed by atoms with Gasteiger partial charge >= 0.3 is 70.2 Å². The Balaban J connectivity index is -0.00000162. The van der Waals surface area contributed by atoms with Crippen LogP contribution < -0.4 is 80.5 Å². The molecule has 0 aromatic heterocycles. The van der Waals surface area contributed by atoms with Crippen LogP contribution in [0.25, 0.3) is 0 Å². The number of unbranched alkanes of at least 4 members (excludes halogenated alkanes) is 3. The first-order valence-electron chi connectivity index (χ1n) is 7.11. The van der Waals surface area contributed by atoms with Crippen molar-refractivity contribution >= 4 is 11.9 Å². The van der Waals surface area contributed by atoms with Gasteiger partial charge in [-0.2, -0.15) is 0 Å². The van der Waals surface area contributed by atoms with E-state index in [1.54, 1.807) is 0 Å². The third-order valence-corrected chi connectivity index (χ3v) is 3.72. The fraction of sp³-hybridized carbons (Fsp3) is 0.867. The summed E-state index contributed by atoms with van der Waals surface area (Å²) in [6, 6.07) is 0. The molecule has 0 aliphatic rings. The van der Waals surface area contributed by atoms with E-state index in [1.807, 2.05) is 20.8 Å². The van der Waals surface area contributed by atoms with Crippen LogP contribution in [-0.2, 0) is 9.59 Å². The maximum atomic E-state index is 10.8. The van der Waals surface area contributed by atoms with E-state index in [-0.39, 0.29) is 88.0 Å². The van der Waals surface area contributed by atoms with E-state index in [4.69, 9.17) is 0 Å². The van der Waals surface area contributed by atoms with Crippen LogP contribution in [0.1, 0.15) is 66.2 Å². The van der Waals surface area contributed by atoms with Crippen LogP contribution in [0.5, 0.6) is 0 Å². The average Bonchev–Trinajstić information content (AvgIpc) is 2.25. The fourth-order valence-corrected chi connectivity index (χ4v) is 2.30. The molecule has 4 nitrogen and oxygen atoms in total. The number of aliphatic carboxylic acids is 2. The third-order valence-electron chi connectivity index (χ3n) is 3.72. The normalized spacial score (nSPS) is 12.2. The minimum atomic E-state index is -1.54. The van der Waals surface area contributed by atoms with E-state index in [9.17, 15) is 19.8 Å². The molecule has 0 heterocycles. The maximum Gasteiger partial charge on any atom is 1.00 e. The van der Waals surface area contributed by atoms with Crippen LogP contribution >= 0.6 is 0 Å². The first-order valence-corrected chi connectivity index (χ1v) is 7.11. The van der Waals surface area contributed by atoms with Crippen LogP contribution in [0.15, 0.2) is 0 Å². The summed E-state index contributed by atoms with van der Waals surface area (Å²) in [6.07, 6.45) is 5.34. The van der Waals surface area contributed by atoms with E-state index in [1.165, 1.54) is 0 Å². The van der Waals surface area contributed by atoms with E-state index in [2.05, 4.69) is 6.92 Å². The van der Waals surface area contributed by atoms with Gasteiger partial charge in [0.15, 0.2) is 0 Å². The molecule has 0 aliphatic carbocycles. The number of carboxylic acids is 2. The molecule has 0 fully saturated rings. The Hall–Kier alpha value is 1.17. The van der Waals surface area contributed by atoms with E-state index in [0.29, 0.717) is 0 Å². The van der Waals surface area contributed by atoms with Crippen LogP contribution in [-0.4, -0.2) is 11.9 Å². The zero-order valence-electron chi connectivity index (χ0n) is 14.5. The molecule has 0 aliphatic heterocycles. The molecule has 0 bridgehead atoms. The average molecular weight is 316 g/mol. The van der Waals surface area contributed by atoms with Crippen LogP contribution in [0.4, 0.5) is 0 Å². The molecule has 1 atom stereocenters. The van der Waals surface area contributed by atoms with Crippen molar-refractivity contribution in [1.82, 2.24) is 0 Å². The number of hydrogen-bond acceptors (Lipinski definition) is 4. The Morgan fingerprint density at radius 2 is 1.48 bits per heavy atom. The van der Waals surface area contributed by atoms with Gasteiger partial charge in [-0.3, -0.25) is 0 Å². The summed E-state index contributed by atoms with van der Waals surface area (Å²) in [4.78, 5) is 21.7. The number of carbonyl (C=O) groups excluding carboxylic acids is 2. The van der Waals surface area contributed by atoms with Gasteiger partial charge < -0.3 is 19.8 Å². The summed E-state index contributed by atoms with van der Waals surface area (Å²) in [7, 11) is 0. The third kappa shape index (κ3) is 12.3. The first-order chi connectivity index (χ1) is 8.70. The van der Waals surface area contributed by atoms with Crippen molar-refractivity contribution in [3.05, 3.63) is 0 Å². The molecule has 0 aromatic carbocycles. The van der Waals surface area contributed by atoms with Crippen molar-refractivity contribution in [2.45, 2.75) is 66.2 Å². The Morgan fingerprint density at radius 1 is 1.00 bits per heavy atom. The van der Waals surface area contributed by atoms with Gasteiger partial charge in [0.1, 0.15) is 0 Å². The first kappa shape index (κ1) is 27.0. The standard InChI is InChI=1S/C15H28O4.K.Li/c1-5-6-7-8-9-11(15(2,3)4)10-12(13(16)17)14(18)19;;/h11-12H,5-10H2,1-4H3,(H,16,17)(H,18,19);;/q;2*+1/p-2. The van der Waals surface area contributed by atoms with Crippen LogP contribution in [0.3, 0.4) is 0 Å². The summed E-state index contributed by atoms with van der Waals surface area (Å²) >= 11 is 0. The summed E-state index contributed by atoms with van der Waals surface area (Å²) in [5.74, 6) is -4.54. The smallest absolute Gasteiger partial charge is 0.549 e. The topological polar surface area (TPSA) is 80.3 Å². The van der Waals surface area contributed by atoms with Gasteiger partial charge in [0.05, 0.1) is 11.9 Å². The SMILES string of the molecule is CCCCCCC(CC(C(=O)[O-])C(=O)[O-])C(C)(C)C.[K+].[Li+]. The second kappa shape index (κ2) is 13.6. The minimum Gasteiger partial charge on any atom is -0.549 e. The molecule has 0 saturated heterocycles. The zero-order valence-corrected chi connectivity index (χ0v) is 17.7. The molecule has 112 valence electrons. The summed E-state index contributed by atoms with van der Waals surface area (Å²) < 4.78 is 0. The van der Waals surface area contributed by atoms with Crippen molar-refractivity contribution in [3.63, 3.8) is 0 Å². The van der Waals surface area contributed by atoms with Gasteiger partial charge in [-0.25, -0.2) is 0 Å². The summed E-state index contributed by atoms with van der Waals surface area (Å²) in [5.41, 5.74) is -0.116. The number of hydrogen-bond donors (Lipinski definition) is 0. The van der Waals surface area contributed by atoms with Gasteiger partial charge in [-0.05, 0) is 24.2 Å². The number of carboxylic acid groups (broad SMARTS) is 2. The molecule has 1 unspecified atom stereocenters. The van der Waals surface area contributed by atoms with Crippen LogP contribution in [0, 0.1) is 17.3 Å². The zero-order chi connectivity index (χ0) is 15.1. The van der Waals surface area contributed by atoms with Crippen molar-refractivity contribution < 1.29 is 90.0 Å². The molecule has 0 rings (SSSR count). The molecule has 0 N–H and O–H groups in total. The van der Waals surface area contributed by atoms with E-state index < -0.39 is 17.9 Å². The fourth-order valence-electron chi connectivity index (χ4n) is 2.30. The summed E-state index contributed by atoms with van der Waals surface area (Å²) in [5, 5.41) is 21.7. The van der Waals surface area contributed by atoms with Crippen molar-refractivity contribution in [2.24, 2.45) is 17.3 Å². The monoisotopic (exact) mass is 316 g/mol. The van der Waals surface area contributed by atoms with Crippen molar-refractivity contribution in [2.75, 3.05) is 0 Å². The Labute approximate surface area is 183 Å². The van der Waals surface area contributed by atoms with Crippen molar-refractivity contribution in [3.8, 4) is 0 Å². The Morgan fingerprint density at radius 3 is 1.81 bits per heavy atom. The molecular weight excluding hydrogens is 290 g/mol. The quantitative estimate of drug-likeness (QED) is 0.243. The number of rotatable bonds is 9. The second-order valence-corrected chi connectivity index (χ2v) is 6.34. The van der Waals surface area contributed by atoms with Gasteiger partial charge in [-0.15, -0.1) is 0 Å². The minimum absolute atomic E-state index is 0. The molecule has 0 amide bonds. The molecule has 0 aromatic rings. The van der Waals surface area contributed by atoms with Crippen LogP contribution in [0.2, 0.25) is 0 Å². The van der Waals surface area contributed by atoms with E-state index >= 15 is 0 Å². The Bertz CT molecular complexity index is 289. The number of carbonyl (C=O) groups is 2. The van der Waals surface area contributed by atoms with Gasteiger partial charge in [0.25, 0.3) is 0 Å². The molecule has 21 heavy (non-hydrogen) atoms. The predicted molar refractivity (Wildman–Crippen MR) is 69.8 cm³/mol. The van der Waals surface area contributed by atoms with E-state index in [0.717, 1.165) is 32.1 Å². The summed E-state index contributed by atoms with van der Waals surface area (Å²) in [6.45, 7) is 8.17. The maximum absolute atomic E-state index is 10.8. The molecule has 0 saturated carbocycles. The molecular formula is C15H26KLiO4. The predicted octanol–water partition coefficient (Wildman–Crippen LogP) is -4.87. The molecule has 0 radical (unpaired) electrons. The van der Waals surface area contributed by atoms with Gasteiger partial charge in [0, 0.05) is 5.92 Å².